The number of aromatic nitrogens is 4. The maximum Gasteiger partial charge on any atom is 0.227 e. The van der Waals surface area contributed by atoms with Gasteiger partial charge >= 0.3 is 0 Å². The number of rotatable bonds is 6. The lowest BCUT2D eigenvalue weighted by atomic mass is 10.1. The summed E-state index contributed by atoms with van der Waals surface area (Å²) in [6.45, 7) is 4.27. The molecule has 0 aliphatic heterocycles. The molecule has 3 aromatic rings. The molecule has 0 spiro atoms. The topological polar surface area (TPSA) is 81.9 Å². The quantitative estimate of drug-likeness (QED) is 0.747. The fourth-order valence-electron chi connectivity index (χ4n) is 2.47. The summed E-state index contributed by atoms with van der Waals surface area (Å²) in [6, 6.07) is 3.84. The predicted octanol–water partition coefficient (Wildman–Crippen LogP) is 2.78. The minimum atomic E-state index is -0.122. The van der Waals surface area contributed by atoms with Crippen LogP contribution in [-0.4, -0.2) is 38.1 Å². The standard InChI is InChI=1S/C18H21N5O2/c1-12(2)25-5-4-18(24)22-17-7-13-6-14(8-20-15(13)9-21-17)16-10-19-11-23(16)3/h6-12H,4-5H2,1-3H3,(H,21,22,24). The monoisotopic (exact) mass is 339 g/mol. The molecule has 130 valence electrons. The molecule has 0 fully saturated rings. The largest absolute Gasteiger partial charge is 0.378 e. The van der Waals surface area contributed by atoms with Gasteiger partial charge in [-0.05, 0) is 26.0 Å². The Morgan fingerprint density at radius 1 is 1.24 bits per heavy atom. The number of ether oxygens (including phenoxy) is 1. The van der Waals surface area contributed by atoms with Crippen molar-refractivity contribution in [3.8, 4) is 11.3 Å². The van der Waals surface area contributed by atoms with Gasteiger partial charge in [-0.1, -0.05) is 0 Å². The summed E-state index contributed by atoms with van der Waals surface area (Å²) in [5.74, 6) is 0.384. The van der Waals surface area contributed by atoms with Crippen LogP contribution in [-0.2, 0) is 16.6 Å². The van der Waals surface area contributed by atoms with Crippen molar-refractivity contribution in [1.29, 1.82) is 0 Å². The highest BCUT2D eigenvalue weighted by molar-refractivity contribution is 5.92. The van der Waals surface area contributed by atoms with Crippen LogP contribution in [0.3, 0.4) is 0 Å². The average Bonchev–Trinajstić information content (AvgIpc) is 3.00. The second-order valence-corrected chi connectivity index (χ2v) is 6.09. The van der Waals surface area contributed by atoms with Crippen LogP contribution < -0.4 is 5.32 Å². The van der Waals surface area contributed by atoms with Crippen LogP contribution in [0.1, 0.15) is 20.3 Å². The normalized spacial score (nSPS) is 11.2. The summed E-state index contributed by atoms with van der Waals surface area (Å²) in [5, 5.41) is 3.70. The van der Waals surface area contributed by atoms with Gasteiger partial charge in [-0.25, -0.2) is 9.97 Å². The first-order valence-corrected chi connectivity index (χ1v) is 8.17. The van der Waals surface area contributed by atoms with Crippen LogP contribution in [0, 0.1) is 0 Å². The molecule has 0 saturated carbocycles. The third-order valence-electron chi connectivity index (χ3n) is 3.73. The van der Waals surface area contributed by atoms with Gasteiger partial charge in [0.15, 0.2) is 0 Å². The first-order valence-electron chi connectivity index (χ1n) is 8.17. The highest BCUT2D eigenvalue weighted by atomic mass is 16.5. The maximum absolute atomic E-state index is 12.0. The van der Waals surface area contributed by atoms with Crippen LogP contribution in [0.25, 0.3) is 22.2 Å². The number of fused-ring (bicyclic) bond motifs is 1. The van der Waals surface area contributed by atoms with E-state index in [1.165, 1.54) is 0 Å². The van der Waals surface area contributed by atoms with E-state index < -0.39 is 0 Å². The molecule has 0 aromatic carbocycles. The third kappa shape index (κ3) is 4.19. The molecule has 3 heterocycles. The fraction of sp³-hybridized carbons (Fsp3) is 0.333. The molecule has 0 unspecified atom stereocenters. The molecule has 0 saturated heterocycles. The predicted molar refractivity (Wildman–Crippen MR) is 96.1 cm³/mol. The summed E-state index contributed by atoms with van der Waals surface area (Å²) in [7, 11) is 1.93. The van der Waals surface area contributed by atoms with Crippen molar-refractivity contribution in [2.75, 3.05) is 11.9 Å². The fourth-order valence-corrected chi connectivity index (χ4v) is 2.47. The van der Waals surface area contributed by atoms with E-state index in [4.69, 9.17) is 4.74 Å². The minimum Gasteiger partial charge on any atom is -0.378 e. The summed E-state index contributed by atoms with van der Waals surface area (Å²) in [5.41, 5.74) is 2.70. The van der Waals surface area contributed by atoms with Crippen molar-refractivity contribution in [2.24, 2.45) is 7.05 Å². The van der Waals surface area contributed by atoms with Gasteiger partial charge in [0.05, 0.1) is 49.1 Å². The van der Waals surface area contributed by atoms with E-state index in [0.717, 1.165) is 22.2 Å². The Labute approximate surface area is 146 Å². The number of nitrogens with zero attached hydrogens (tertiary/aromatic N) is 4. The number of carbonyl (C=O) groups is 1. The number of amides is 1. The molecule has 3 rings (SSSR count). The van der Waals surface area contributed by atoms with Gasteiger partial charge in [-0.3, -0.25) is 9.78 Å². The molecular formula is C18H21N5O2. The highest BCUT2D eigenvalue weighted by Gasteiger charge is 2.08. The summed E-state index contributed by atoms with van der Waals surface area (Å²) in [4.78, 5) is 24.8. The molecular weight excluding hydrogens is 318 g/mol. The Morgan fingerprint density at radius 2 is 2.08 bits per heavy atom. The van der Waals surface area contributed by atoms with Crippen molar-refractivity contribution in [3.05, 3.63) is 37.1 Å². The molecule has 7 heteroatoms. The first kappa shape index (κ1) is 17.0. The Balaban J connectivity index is 1.77. The number of pyridine rings is 2. The van der Waals surface area contributed by atoms with E-state index in [9.17, 15) is 4.79 Å². The number of hydrogen-bond donors (Lipinski definition) is 1. The second-order valence-electron chi connectivity index (χ2n) is 6.09. The number of hydrogen-bond acceptors (Lipinski definition) is 5. The van der Waals surface area contributed by atoms with Gasteiger partial charge in [0.1, 0.15) is 5.82 Å². The SMILES string of the molecule is CC(C)OCCC(=O)Nc1cc2cc(-c3cncn3C)cnc2cn1. The Morgan fingerprint density at radius 3 is 2.80 bits per heavy atom. The second kappa shape index (κ2) is 7.40. The summed E-state index contributed by atoms with van der Waals surface area (Å²) in [6.07, 6.45) is 7.40. The lowest BCUT2D eigenvalue weighted by Gasteiger charge is -2.09. The minimum absolute atomic E-state index is 0.114. The Hall–Kier alpha value is -2.80. The van der Waals surface area contributed by atoms with Crippen LogP contribution in [0.15, 0.2) is 37.1 Å². The number of imidazole rings is 1. The number of aryl methyl sites for hydroxylation is 1. The lowest BCUT2D eigenvalue weighted by molar-refractivity contribution is -0.117. The van der Waals surface area contributed by atoms with Crippen LogP contribution in [0.2, 0.25) is 0 Å². The van der Waals surface area contributed by atoms with Gasteiger partial charge in [0.2, 0.25) is 5.91 Å². The molecule has 1 amide bonds. The molecule has 0 bridgehead atoms. The molecule has 0 aliphatic carbocycles. The van der Waals surface area contributed by atoms with Crippen molar-refractivity contribution in [3.63, 3.8) is 0 Å². The molecule has 1 N–H and O–H groups in total. The van der Waals surface area contributed by atoms with Gasteiger partial charge in [-0.2, -0.15) is 0 Å². The summed E-state index contributed by atoms with van der Waals surface area (Å²) >= 11 is 0. The van der Waals surface area contributed by atoms with Crippen LogP contribution in [0.5, 0.6) is 0 Å². The maximum atomic E-state index is 12.0. The smallest absolute Gasteiger partial charge is 0.227 e. The van der Waals surface area contributed by atoms with Crippen molar-refractivity contribution < 1.29 is 9.53 Å². The Kier molecular flexibility index (Phi) is 5.04. The number of nitrogens with one attached hydrogen (secondary N) is 1. The highest BCUT2D eigenvalue weighted by Crippen LogP contribution is 2.23. The molecule has 0 aliphatic rings. The average molecular weight is 339 g/mol. The summed E-state index contributed by atoms with van der Waals surface area (Å²) < 4.78 is 7.32. The van der Waals surface area contributed by atoms with Gasteiger partial charge < -0.3 is 14.6 Å². The van der Waals surface area contributed by atoms with E-state index in [0.29, 0.717) is 18.8 Å². The molecule has 25 heavy (non-hydrogen) atoms. The zero-order valence-corrected chi connectivity index (χ0v) is 14.6. The molecule has 3 aromatic heterocycles. The van der Waals surface area contributed by atoms with Crippen molar-refractivity contribution in [2.45, 2.75) is 26.4 Å². The van der Waals surface area contributed by atoms with Crippen molar-refractivity contribution >= 4 is 22.6 Å². The molecule has 7 nitrogen and oxygen atoms in total. The van der Waals surface area contributed by atoms with E-state index in [2.05, 4.69) is 20.3 Å². The zero-order valence-electron chi connectivity index (χ0n) is 14.6. The first-order chi connectivity index (χ1) is 12.0. The van der Waals surface area contributed by atoms with Gasteiger partial charge in [0, 0.05) is 24.2 Å². The number of carbonyl (C=O) groups excluding carboxylic acids is 1. The van der Waals surface area contributed by atoms with Crippen LogP contribution in [0.4, 0.5) is 5.82 Å². The van der Waals surface area contributed by atoms with Gasteiger partial charge in [0.25, 0.3) is 0 Å². The molecule has 0 radical (unpaired) electrons. The van der Waals surface area contributed by atoms with Crippen LogP contribution >= 0.6 is 0 Å². The van der Waals surface area contributed by atoms with E-state index >= 15 is 0 Å². The number of anilines is 1. The Bertz CT molecular complexity index is 888. The van der Waals surface area contributed by atoms with Crippen molar-refractivity contribution in [1.82, 2.24) is 19.5 Å². The third-order valence-corrected chi connectivity index (χ3v) is 3.73. The lowest BCUT2D eigenvalue weighted by Crippen LogP contribution is -2.16. The van der Waals surface area contributed by atoms with Gasteiger partial charge in [-0.15, -0.1) is 0 Å². The molecule has 0 atom stereocenters. The van der Waals surface area contributed by atoms with E-state index in [1.54, 1.807) is 24.9 Å². The van der Waals surface area contributed by atoms with E-state index in [-0.39, 0.29) is 12.0 Å². The van der Waals surface area contributed by atoms with E-state index in [1.807, 2.05) is 37.6 Å². The zero-order chi connectivity index (χ0) is 17.8.